The van der Waals surface area contributed by atoms with Crippen LogP contribution in [0, 0.1) is 11.8 Å². The summed E-state index contributed by atoms with van der Waals surface area (Å²) in [5, 5.41) is 0. The van der Waals surface area contributed by atoms with E-state index in [1.54, 1.807) is 0 Å². The van der Waals surface area contributed by atoms with Gasteiger partial charge < -0.3 is 4.90 Å². The summed E-state index contributed by atoms with van der Waals surface area (Å²) >= 11 is 1.91. The van der Waals surface area contributed by atoms with Gasteiger partial charge in [-0.25, -0.2) is 0 Å². The molecule has 3 unspecified atom stereocenters. The minimum absolute atomic E-state index is 0.224. The van der Waals surface area contributed by atoms with E-state index in [0.29, 0.717) is 5.92 Å². The van der Waals surface area contributed by atoms with Crippen LogP contribution >= 0.6 is 11.8 Å². The number of para-hydroxylation sites is 1. The predicted molar refractivity (Wildman–Crippen MR) is 230 cm³/mol. The van der Waals surface area contributed by atoms with Crippen molar-refractivity contribution in [1.29, 1.82) is 0 Å². The number of nitrogens with zero attached hydrogens (tertiary/aromatic N) is 1. The molecule has 0 radical (unpaired) electrons. The molecule has 0 aromatic heterocycles. The fourth-order valence-electron chi connectivity index (χ4n) is 9.90. The zero-order valence-corrected chi connectivity index (χ0v) is 31.2. The first kappa shape index (κ1) is 32.3. The maximum Gasteiger partial charge on any atom is 0.0733 e. The molecule has 0 saturated heterocycles. The first-order valence-electron chi connectivity index (χ1n) is 19.5. The molecule has 6 aromatic rings. The Morgan fingerprint density at radius 3 is 1.96 bits per heavy atom. The topological polar surface area (TPSA) is 3.24 Å². The molecule has 4 aliphatic carbocycles. The number of benzene rings is 6. The molecular formula is C53H39NS. The highest BCUT2D eigenvalue weighted by atomic mass is 32.2. The standard InChI is InChI=1S/C53H39NS/c1-3-16-36(17-4-1)37-30-33-40(34-31-37)54(47-26-12-9-21-41(47)38-18-5-2-6-19-38)48-27-15-25-45-52(48)51-42-22-8-7-20-39(42)32-35-46(51)53(45)43-23-10-13-28-49(43)55-50-29-14-11-24-44(50)53/h1-18,20-35,38-39,42H,19H2. The van der Waals surface area contributed by atoms with Crippen LogP contribution in [-0.4, -0.2) is 0 Å². The second kappa shape index (κ2) is 13.0. The summed E-state index contributed by atoms with van der Waals surface area (Å²) in [5.41, 5.74) is 15.2. The van der Waals surface area contributed by atoms with Crippen LogP contribution in [0.2, 0.25) is 0 Å². The molecule has 3 atom stereocenters. The van der Waals surface area contributed by atoms with E-state index < -0.39 is 5.41 Å². The first-order valence-corrected chi connectivity index (χ1v) is 20.3. The van der Waals surface area contributed by atoms with Crippen LogP contribution in [0.15, 0.2) is 222 Å². The quantitative estimate of drug-likeness (QED) is 0.174. The van der Waals surface area contributed by atoms with Gasteiger partial charge in [-0.3, -0.25) is 0 Å². The highest BCUT2D eigenvalue weighted by Crippen LogP contribution is 2.66. The van der Waals surface area contributed by atoms with Gasteiger partial charge >= 0.3 is 0 Å². The minimum atomic E-state index is -0.450. The maximum absolute atomic E-state index is 2.57. The summed E-state index contributed by atoms with van der Waals surface area (Å²) in [6.45, 7) is 0. The summed E-state index contributed by atoms with van der Waals surface area (Å²) in [6.07, 6.45) is 24.3. The highest BCUT2D eigenvalue weighted by Gasteiger charge is 2.54. The van der Waals surface area contributed by atoms with Gasteiger partial charge in [-0.05, 0) is 87.3 Å². The zero-order chi connectivity index (χ0) is 36.3. The normalized spacial score (nSPS) is 20.5. The molecule has 1 spiro atoms. The van der Waals surface area contributed by atoms with Gasteiger partial charge in [-0.15, -0.1) is 0 Å². The Kier molecular flexibility index (Phi) is 7.67. The minimum Gasteiger partial charge on any atom is -0.310 e. The molecule has 0 fully saturated rings. The van der Waals surface area contributed by atoms with E-state index in [4.69, 9.17) is 0 Å². The molecular weight excluding hydrogens is 683 g/mol. The lowest BCUT2D eigenvalue weighted by Crippen LogP contribution is -2.33. The average Bonchev–Trinajstić information content (AvgIpc) is 3.56. The Bertz CT molecular complexity index is 2620. The van der Waals surface area contributed by atoms with Crippen LogP contribution in [0.3, 0.4) is 0 Å². The third kappa shape index (κ3) is 4.94. The summed E-state index contributed by atoms with van der Waals surface area (Å²) in [6, 6.07) is 54.4. The van der Waals surface area contributed by atoms with E-state index in [-0.39, 0.29) is 11.8 Å². The molecule has 0 bridgehead atoms. The largest absolute Gasteiger partial charge is 0.310 e. The van der Waals surface area contributed by atoms with Gasteiger partial charge in [0, 0.05) is 44.5 Å². The van der Waals surface area contributed by atoms with Crippen molar-refractivity contribution in [3.05, 3.63) is 240 Å². The Morgan fingerprint density at radius 1 is 0.527 bits per heavy atom. The fraction of sp³-hybridized carbons (Fsp3) is 0.0943. The van der Waals surface area contributed by atoms with Crippen molar-refractivity contribution in [2.45, 2.75) is 27.5 Å². The molecule has 0 amide bonds. The van der Waals surface area contributed by atoms with Crippen molar-refractivity contribution in [2.24, 2.45) is 11.8 Å². The summed E-state index contributed by atoms with van der Waals surface area (Å²) in [5.74, 6) is 0.808. The van der Waals surface area contributed by atoms with Gasteiger partial charge in [0.15, 0.2) is 0 Å². The van der Waals surface area contributed by atoms with E-state index in [0.717, 1.165) is 12.1 Å². The van der Waals surface area contributed by atoms with Crippen LogP contribution in [0.1, 0.15) is 40.2 Å². The van der Waals surface area contributed by atoms with Gasteiger partial charge in [0.2, 0.25) is 0 Å². The van der Waals surface area contributed by atoms with Crippen molar-refractivity contribution < 1.29 is 0 Å². The van der Waals surface area contributed by atoms with Crippen LogP contribution in [0.5, 0.6) is 0 Å². The molecule has 1 heterocycles. The van der Waals surface area contributed by atoms with Gasteiger partial charge in [0.25, 0.3) is 0 Å². The summed E-state index contributed by atoms with van der Waals surface area (Å²) in [4.78, 5) is 5.23. The molecule has 1 aliphatic heterocycles. The molecule has 1 nitrogen and oxygen atoms in total. The Hall–Kier alpha value is -6.09. The van der Waals surface area contributed by atoms with E-state index in [1.165, 1.54) is 71.3 Å². The van der Waals surface area contributed by atoms with Gasteiger partial charge in [0.1, 0.15) is 0 Å². The molecule has 2 heteroatoms. The summed E-state index contributed by atoms with van der Waals surface area (Å²) in [7, 11) is 0. The third-order valence-corrected chi connectivity index (χ3v) is 13.4. The lowest BCUT2D eigenvalue weighted by atomic mass is 9.65. The SMILES string of the molecule is C1=CCC(c2ccccc2N(c2ccc(-c3ccccc3)cc2)c2cccc3c2C2=C(C=CC4C=CC=CC24)C32c3ccccc3Sc3ccccc32)C=C1. The van der Waals surface area contributed by atoms with E-state index in [9.17, 15) is 0 Å². The molecule has 262 valence electrons. The van der Waals surface area contributed by atoms with Gasteiger partial charge in [-0.1, -0.05) is 182 Å². The molecule has 0 N–H and O–H groups in total. The van der Waals surface area contributed by atoms with Crippen molar-refractivity contribution in [1.82, 2.24) is 0 Å². The van der Waals surface area contributed by atoms with Crippen LogP contribution in [0.25, 0.3) is 16.7 Å². The third-order valence-electron chi connectivity index (χ3n) is 12.2. The maximum atomic E-state index is 2.57. The van der Waals surface area contributed by atoms with Crippen molar-refractivity contribution in [2.75, 3.05) is 4.90 Å². The smallest absolute Gasteiger partial charge is 0.0733 e. The molecule has 0 saturated carbocycles. The molecule has 5 aliphatic rings. The molecule has 55 heavy (non-hydrogen) atoms. The first-order chi connectivity index (χ1) is 27.3. The monoisotopic (exact) mass is 721 g/mol. The fourth-order valence-corrected chi connectivity index (χ4v) is 11.1. The van der Waals surface area contributed by atoms with Crippen LogP contribution < -0.4 is 4.90 Å². The second-order valence-corrected chi connectivity index (χ2v) is 16.1. The van der Waals surface area contributed by atoms with Crippen LogP contribution in [-0.2, 0) is 5.41 Å². The lowest BCUT2D eigenvalue weighted by Gasteiger charge is -2.41. The Labute approximate surface area is 328 Å². The predicted octanol–water partition coefficient (Wildman–Crippen LogP) is 13.9. The van der Waals surface area contributed by atoms with E-state index >= 15 is 0 Å². The number of hydrogen-bond acceptors (Lipinski definition) is 2. The van der Waals surface area contributed by atoms with Crippen molar-refractivity contribution in [3.8, 4) is 11.1 Å². The zero-order valence-electron chi connectivity index (χ0n) is 30.4. The van der Waals surface area contributed by atoms with E-state index in [1.807, 2.05) is 11.8 Å². The number of rotatable bonds is 5. The second-order valence-electron chi connectivity index (χ2n) is 15.1. The van der Waals surface area contributed by atoms with E-state index in [2.05, 4.69) is 211 Å². The Balaban J connectivity index is 1.22. The average molecular weight is 722 g/mol. The number of hydrogen-bond donors (Lipinski definition) is 0. The lowest BCUT2D eigenvalue weighted by molar-refractivity contribution is 0.656. The highest BCUT2D eigenvalue weighted by molar-refractivity contribution is 7.99. The molecule has 11 rings (SSSR count). The number of fused-ring (bicyclic) bond motifs is 10. The number of allylic oxidation sites excluding steroid dienone is 12. The van der Waals surface area contributed by atoms with Crippen molar-refractivity contribution in [3.63, 3.8) is 0 Å². The number of anilines is 3. The van der Waals surface area contributed by atoms with Crippen LogP contribution in [0.4, 0.5) is 17.1 Å². The van der Waals surface area contributed by atoms with Gasteiger partial charge in [-0.2, -0.15) is 0 Å². The van der Waals surface area contributed by atoms with Gasteiger partial charge in [0.05, 0.1) is 11.1 Å². The van der Waals surface area contributed by atoms with Crippen molar-refractivity contribution >= 4 is 34.4 Å². The summed E-state index contributed by atoms with van der Waals surface area (Å²) < 4.78 is 0. The molecule has 6 aromatic carbocycles. The Morgan fingerprint density at radius 2 is 1.18 bits per heavy atom.